The lowest BCUT2D eigenvalue weighted by atomic mass is 10.1. The van der Waals surface area contributed by atoms with Crippen LogP contribution in [0.1, 0.15) is 44.2 Å². The lowest BCUT2D eigenvalue weighted by molar-refractivity contribution is 0.114. The van der Waals surface area contributed by atoms with Gasteiger partial charge in [0.15, 0.2) is 0 Å². The SMILES string of the molecule is COc1ccc(C#CCCO)c(COCCCC(C)C)c1. The molecule has 0 aliphatic heterocycles. The normalized spacial score (nSPS) is 10.3. The van der Waals surface area contributed by atoms with Gasteiger partial charge in [0.2, 0.25) is 0 Å². The van der Waals surface area contributed by atoms with Gasteiger partial charge >= 0.3 is 0 Å². The van der Waals surface area contributed by atoms with Crippen molar-refractivity contribution < 1.29 is 14.6 Å². The molecule has 1 aromatic carbocycles. The van der Waals surface area contributed by atoms with Crippen molar-refractivity contribution in [2.75, 3.05) is 20.3 Å². The lowest BCUT2D eigenvalue weighted by Gasteiger charge is -2.09. The van der Waals surface area contributed by atoms with Crippen molar-refractivity contribution in [1.29, 1.82) is 0 Å². The van der Waals surface area contributed by atoms with E-state index < -0.39 is 0 Å². The van der Waals surface area contributed by atoms with Gasteiger partial charge in [-0.25, -0.2) is 0 Å². The second-order valence-electron chi connectivity index (χ2n) is 5.39. The van der Waals surface area contributed by atoms with Crippen LogP contribution in [0, 0.1) is 17.8 Å². The first kappa shape index (κ1) is 17.6. The molecule has 1 rings (SSSR count). The molecule has 0 heterocycles. The second-order valence-corrected chi connectivity index (χ2v) is 5.39. The molecule has 0 fully saturated rings. The molecule has 0 amide bonds. The van der Waals surface area contributed by atoms with Gasteiger partial charge in [-0.3, -0.25) is 0 Å². The Morgan fingerprint density at radius 1 is 1.29 bits per heavy atom. The predicted octanol–water partition coefficient (Wildman–Crippen LogP) is 3.38. The van der Waals surface area contributed by atoms with Gasteiger partial charge in [0, 0.05) is 18.6 Å². The fourth-order valence-electron chi connectivity index (χ4n) is 1.93. The van der Waals surface area contributed by atoms with Gasteiger partial charge in [0.25, 0.3) is 0 Å². The number of rotatable bonds is 8. The molecule has 0 aliphatic rings. The van der Waals surface area contributed by atoms with Crippen LogP contribution in [0.4, 0.5) is 0 Å². The fourth-order valence-corrected chi connectivity index (χ4v) is 1.93. The summed E-state index contributed by atoms with van der Waals surface area (Å²) < 4.78 is 11.0. The van der Waals surface area contributed by atoms with E-state index in [1.165, 1.54) is 6.42 Å². The van der Waals surface area contributed by atoms with E-state index in [2.05, 4.69) is 25.7 Å². The Morgan fingerprint density at radius 3 is 2.76 bits per heavy atom. The molecule has 0 spiro atoms. The van der Waals surface area contributed by atoms with E-state index in [0.29, 0.717) is 18.9 Å². The molecule has 0 saturated heterocycles. The zero-order valence-electron chi connectivity index (χ0n) is 13.3. The number of aliphatic hydroxyl groups excluding tert-OH is 1. The van der Waals surface area contributed by atoms with Gasteiger partial charge in [0.1, 0.15) is 5.75 Å². The maximum atomic E-state index is 8.79. The Balaban J connectivity index is 2.62. The molecule has 0 radical (unpaired) electrons. The molecule has 0 saturated carbocycles. The largest absolute Gasteiger partial charge is 0.497 e. The lowest BCUT2D eigenvalue weighted by Crippen LogP contribution is -2.00. The molecule has 0 aromatic heterocycles. The highest BCUT2D eigenvalue weighted by molar-refractivity contribution is 5.45. The van der Waals surface area contributed by atoms with Gasteiger partial charge in [-0.1, -0.05) is 25.7 Å². The van der Waals surface area contributed by atoms with Crippen LogP contribution in [0.15, 0.2) is 18.2 Å². The van der Waals surface area contributed by atoms with Gasteiger partial charge in [-0.2, -0.15) is 0 Å². The summed E-state index contributed by atoms with van der Waals surface area (Å²) in [6.45, 7) is 5.83. The Kier molecular flexibility index (Phi) is 8.57. The first-order valence-electron chi connectivity index (χ1n) is 7.51. The maximum absolute atomic E-state index is 8.79. The van der Waals surface area contributed by atoms with Crippen LogP contribution in [0.3, 0.4) is 0 Å². The summed E-state index contributed by atoms with van der Waals surface area (Å²) in [4.78, 5) is 0. The monoisotopic (exact) mass is 290 g/mol. The Morgan fingerprint density at radius 2 is 2.10 bits per heavy atom. The first-order chi connectivity index (χ1) is 10.2. The van der Waals surface area contributed by atoms with Gasteiger partial charge in [0.05, 0.1) is 20.3 Å². The highest BCUT2D eigenvalue weighted by Gasteiger charge is 2.03. The van der Waals surface area contributed by atoms with Gasteiger partial charge in [-0.05, 0) is 42.5 Å². The molecule has 1 aromatic rings. The second kappa shape index (κ2) is 10.3. The van der Waals surface area contributed by atoms with E-state index in [1.54, 1.807) is 7.11 Å². The molecular formula is C18H26O3. The molecule has 21 heavy (non-hydrogen) atoms. The third kappa shape index (κ3) is 7.17. The fraction of sp³-hybridized carbons (Fsp3) is 0.556. The zero-order chi connectivity index (χ0) is 15.5. The summed E-state index contributed by atoms with van der Waals surface area (Å²) in [5, 5.41) is 8.79. The van der Waals surface area contributed by atoms with Crippen molar-refractivity contribution in [3.63, 3.8) is 0 Å². The van der Waals surface area contributed by atoms with Crippen molar-refractivity contribution in [2.24, 2.45) is 5.92 Å². The van der Waals surface area contributed by atoms with Crippen LogP contribution in [0.2, 0.25) is 0 Å². The van der Waals surface area contributed by atoms with Crippen LogP contribution in [-0.4, -0.2) is 25.4 Å². The third-order valence-electron chi connectivity index (χ3n) is 3.10. The summed E-state index contributed by atoms with van der Waals surface area (Å²) in [5.41, 5.74) is 1.97. The summed E-state index contributed by atoms with van der Waals surface area (Å²) >= 11 is 0. The summed E-state index contributed by atoms with van der Waals surface area (Å²) in [7, 11) is 1.65. The minimum atomic E-state index is 0.0875. The average molecular weight is 290 g/mol. The first-order valence-corrected chi connectivity index (χ1v) is 7.51. The molecule has 1 N–H and O–H groups in total. The number of ether oxygens (including phenoxy) is 2. The maximum Gasteiger partial charge on any atom is 0.119 e. The van der Waals surface area contributed by atoms with Crippen molar-refractivity contribution >= 4 is 0 Å². The smallest absolute Gasteiger partial charge is 0.119 e. The Hall–Kier alpha value is -1.50. The Bertz CT molecular complexity index is 469. The molecule has 3 heteroatoms. The minimum absolute atomic E-state index is 0.0875. The number of hydrogen-bond acceptors (Lipinski definition) is 3. The van der Waals surface area contributed by atoms with Crippen LogP contribution < -0.4 is 4.74 Å². The molecule has 0 aliphatic carbocycles. The molecule has 0 atom stereocenters. The number of methoxy groups -OCH3 is 1. The predicted molar refractivity (Wildman–Crippen MR) is 85.3 cm³/mol. The zero-order valence-corrected chi connectivity index (χ0v) is 13.3. The summed E-state index contributed by atoms with van der Waals surface area (Å²) in [5.74, 6) is 7.55. The average Bonchev–Trinajstić information content (AvgIpc) is 2.48. The van der Waals surface area contributed by atoms with Crippen LogP contribution in [0.5, 0.6) is 5.75 Å². The van der Waals surface area contributed by atoms with Crippen LogP contribution >= 0.6 is 0 Å². The third-order valence-corrected chi connectivity index (χ3v) is 3.10. The molecule has 0 bridgehead atoms. The van der Waals surface area contributed by atoms with E-state index >= 15 is 0 Å². The van der Waals surface area contributed by atoms with Crippen LogP contribution in [0.25, 0.3) is 0 Å². The van der Waals surface area contributed by atoms with Crippen LogP contribution in [-0.2, 0) is 11.3 Å². The van der Waals surface area contributed by atoms with E-state index in [9.17, 15) is 0 Å². The molecule has 0 unspecified atom stereocenters. The van der Waals surface area contributed by atoms with Crippen molar-refractivity contribution in [3.8, 4) is 17.6 Å². The van der Waals surface area contributed by atoms with Crippen molar-refractivity contribution in [3.05, 3.63) is 29.3 Å². The number of aliphatic hydroxyl groups is 1. The quantitative estimate of drug-likeness (QED) is 0.589. The standard InChI is InChI=1S/C18H26O3/c1-15(2)7-6-12-21-14-17-13-18(20-3)10-9-16(17)8-4-5-11-19/h9-10,13,15,19H,5-7,11-12,14H2,1-3H3. The minimum Gasteiger partial charge on any atom is -0.497 e. The summed E-state index contributed by atoms with van der Waals surface area (Å²) in [6.07, 6.45) is 2.75. The van der Waals surface area contributed by atoms with Crippen molar-refractivity contribution in [1.82, 2.24) is 0 Å². The molecular weight excluding hydrogens is 264 g/mol. The van der Waals surface area contributed by atoms with Crippen molar-refractivity contribution in [2.45, 2.75) is 39.7 Å². The highest BCUT2D eigenvalue weighted by Crippen LogP contribution is 2.18. The number of benzene rings is 1. The van der Waals surface area contributed by atoms with Gasteiger partial charge < -0.3 is 14.6 Å². The van der Waals surface area contributed by atoms with Gasteiger partial charge in [-0.15, -0.1) is 0 Å². The topological polar surface area (TPSA) is 38.7 Å². The Labute approximate surface area is 128 Å². The summed E-state index contributed by atoms with van der Waals surface area (Å²) in [6, 6.07) is 5.80. The van der Waals surface area contributed by atoms with E-state index in [0.717, 1.165) is 29.9 Å². The number of hydrogen-bond donors (Lipinski definition) is 1. The van der Waals surface area contributed by atoms with E-state index in [1.807, 2.05) is 18.2 Å². The molecule has 116 valence electrons. The van der Waals surface area contributed by atoms with E-state index in [-0.39, 0.29) is 6.61 Å². The van der Waals surface area contributed by atoms with E-state index in [4.69, 9.17) is 14.6 Å². The highest BCUT2D eigenvalue weighted by atomic mass is 16.5. The molecule has 3 nitrogen and oxygen atoms in total.